The second kappa shape index (κ2) is 5.54. The van der Waals surface area contributed by atoms with Crippen LogP contribution >= 0.6 is 0 Å². The number of aryl methyl sites for hydroxylation is 1. The van der Waals surface area contributed by atoms with Crippen molar-refractivity contribution in [2.45, 2.75) is 45.7 Å². The maximum Gasteiger partial charge on any atom is 0.0402 e. The van der Waals surface area contributed by atoms with E-state index in [1.165, 1.54) is 17.7 Å². The van der Waals surface area contributed by atoms with Crippen molar-refractivity contribution in [1.29, 1.82) is 0 Å². The van der Waals surface area contributed by atoms with Gasteiger partial charge in [-0.15, -0.1) is 0 Å². The van der Waals surface area contributed by atoms with Crippen LogP contribution in [0.15, 0.2) is 24.3 Å². The quantitative estimate of drug-likeness (QED) is 0.862. The van der Waals surface area contributed by atoms with Crippen LogP contribution < -0.4 is 10.2 Å². The van der Waals surface area contributed by atoms with Gasteiger partial charge in [-0.2, -0.15) is 0 Å². The van der Waals surface area contributed by atoms with E-state index in [1.807, 2.05) is 0 Å². The Bertz CT molecular complexity index is 362. The van der Waals surface area contributed by atoms with E-state index < -0.39 is 0 Å². The minimum atomic E-state index is 0.588. The number of hydrogen-bond donors (Lipinski definition) is 1. The van der Waals surface area contributed by atoms with Gasteiger partial charge in [0.1, 0.15) is 0 Å². The predicted octanol–water partition coefficient (Wildman–Crippen LogP) is 2.83. The highest BCUT2D eigenvalue weighted by Crippen LogP contribution is 2.25. The van der Waals surface area contributed by atoms with Crippen LogP contribution in [0.5, 0.6) is 0 Å². The van der Waals surface area contributed by atoms with Gasteiger partial charge in [-0.05, 0) is 31.4 Å². The summed E-state index contributed by atoms with van der Waals surface area (Å²) in [4.78, 5) is 2.57. The molecule has 2 nitrogen and oxygen atoms in total. The SMILES string of the molecule is CCc1ccccc1N1CC(CC)NCC1C. The molecule has 1 aromatic carbocycles. The van der Waals surface area contributed by atoms with E-state index in [0.29, 0.717) is 12.1 Å². The normalized spacial score (nSPS) is 25.0. The zero-order chi connectivity index (χ0) is 12.3. The van der Waals surface area contributed by atoms with Crippen molar-refractivity contribution in [2.24, 2.45) is 0 Å². The van der Waals surface area contributed by atoms with Gasteiger partial charge in [-0.1, -0.05) is 32.0 Å². The molecule has 2 heteroatoms. The molecular weight excluding hydrogens is 208 g/mol. The van der Waals surface area contributed by atoms with Crippen molar-refractivity contribution < 1.29 is 0 Å². The fraction of sp³-hybridized carbons (Fsp3) is 0.600. The molecule has 1 aliphatic heterocycles. The fourth-order valence-corrected chi connectivity index (χ4v) is 2.63. The molecule has 1 aliphatic rings. The van der Waals surface area contributed by atoms with Crippen LogP contribution in [0.1, 0.15) is 32.8 Å². The fourth-order valence-electron chi connectivity index (χ4n) is 2.63. The maximum atomic E-state index is 3.61. The van der Waals surface area contributed by atoms with Gasteiger partial charge < -0.3 is 10.2 Å². The molecule has 1 heterocycles. The lowest BCUT2D eigenvalue weighted by molar-refractivity contribution is 0.397. The van der Waals surface area contributed by atoms with Crippen molar-refractivity contribution in [3.63, 3.8) is 0 Å². The topological polar surface area (TPSA) is 15.3 Å². The number of hydrogen-bond acceptors (Lipinski definition) is 2. The van der Waals surface area contributed by atoms with Crippen molar-refractivity contribution >= 4 is 5.69 Å². The minimum Gasteiger partial charge on any atom is -0.366 e. The first-order valence-corrected chi connectivity index (χ1v) is 6.84. The first-order chi connectivity index (χ1) is 8.26. The second-order valence-corrected chi connectivity index (χ2v) is 5.00. The molecule has 1 N–H and O–H groups in total. The first-order valence-electron chi connectivity index (χ1n) is 6.84. The predicted molar refractivity (Wildman–Crippen MR) is 74.7 cm³/mol. The van der Waals surface area contributed by atoms with Crippen LogP contribution in [0, 0.1) is 0 Å². The lowest BCUT2D eigenvalue weighted by Crippen LogP contribution is -2.55. The number of piperazine rings is 1. The second-order valence-electron chi connectivity index (χ2n) is 5.00. The molecule has 1 fully saturated rings. The van der Waals surface area contributed by atoms with Crippen LogP contribution in [0.25, 0.3) is 0 Å². The highest BCUT2D eigenvalue weighted by atomic mass is 15.2. The third-order valence-corrected chi connectivity index (χ3v) is 3.83. The standard InChI is InChI=1S/C15H24N2/c1-4-13-8-6-7-9-15(13)17-11-14(5-2)16-10-12(17)3/h6-9,12,14,16H,4-5,10-11H2,1-3H3. The van der Waals surface area contributed by atoms with Crippen LogP contribution in [0.2, 0.25) is 0 Å². The van der Waals surface area contributed by atoms with Gasteiger partial charge in [-0.25, -0.2) is 0 Å². The van der Waals surface area contributed by atoms with Crippen molar-refractivity contribution in [1.82, 2.24) is 5.32 Å². The van der Waals surface area contributed by atoms with E-state index >= 15 is 0 Å². The van der Waals surface area contributed by atoms with E-state index in [9.17, 15) is 0 Å². The van der Waals surface area contributed by atoms with Crippen LogP contribution in [-0.2, 0) is 6.42 Å². The Balaban J connectivity index is 2.24. The van der Waals surface area contributed by atoms with E-state index in [1.54, 1.807) is 0 Å². The Kier molecular flexibility index (Phi) is 4.06. The van der Waals surface area contributed by atoms with Gasteiger partial charge >= 0.3 is 0 Å². The molecule has 0 spiro atoms. The minimum absolute atomic E-state index is 0.588. The van der Waals surface area contributed by atoms with Crippen molar-refractivity contribution in [2.75, 3.05) is 18.0 Å². The molecule has 0 aliphatic carbocycles. The molecule has 0 saturated carbocycles. The first kappa shape index (κ1) is 12.4. The lowest BCUT2D eigenvalue weighted by atomic mass is 10.0. The summed E-state index contributed by atoms with van der Waals surface area (Å²) in [6, 6.07) is 10.1. The van der Waals surface area contributed by atoms with Gasteiger partial charge in [0.05, 0.1) is 0 Å². The van der Waals surface area contributed by atoms with E-state index in [4.69, 9.17) is 0 Å². The van der Waals surface area contributed by atoms with Gasteiger partial charge in [0.25, 0.3) is 0 Å². The summed E-state index contributed by atoms with van der Waals surface area (Å²) >= 11 is 0. The molecular formula is C15H24N2. The molecule has 17 heavy (non-hydrogen) atoms. The summed E-state index contributed by atoms with van der Waals surface area (Å²) < 4.78 is 0. The zero-order valence-electron chi connectivity index (χ0n) is 11.2. The van der Waals surface area contributed by atoms with Crippen LogP contribution in [0.3, 0.4) is 0 Å². The molecule has 0 aromatic heterocycles. The highest BCUT2D eigenvalue weighted by Gasteiger charge is 2.24. The monoisotopic (exact) mass is 232 g/mol. The summed E-state index contributed by atoms with van der Waals surface area (Å²) in [5, 5.41) is 3.61. The number of para-hydroxylation sites is 1. The molecule has 2 rings (SSSR count). The van der Waals surface area contributed by atoms with Gasteiger partial charge in [0.2, 0.25) is 0 Å². The largest absolute Gasteiger partial charge is 0.366 e. The summed E-state index contributed by atoms with van der Waals surface area (Å²) in [5.74, 6) is 0. The Morgan fingerprint density at radius 2 is 2.06 bits per heavy atom. The molecule has 2 atom stereocenters. The van der Waals surface area contributed by atoms with Crippen molar-refractivity contribution in [3.8, 4) is 0 Å². The molecule has 0 amide bonds. The van der Waals surface area contributed by atoms with Crippen LogP contribution in [0.4, 0.5) is 5.69 Å². The van der Waals surface area contributed by atoms with Gasteiger partial charge in [0, 0.05) is 30.9 Å². The average Bonchev–Trinajstić information content (AvgIpc) is 2.39. The zero-order valence-corrected chi connectivity index (χ0v) is 11.2. The average molecular weight is 232 g/mol. The Morgan fingerprint density at radius 3 is 2.76 bits per heavy atom. The number of nitrogens with zero attached hydrogens (tertiary/aromatic N) is 1. The van der Waals surface area contributed by atoms with Gasteiger partial charge in [-0.3, -0.25) is 0 Å². The van der Waals surface area contributed by atoms with Crippen LogP contribution in [-0.4, -0.2) is 25.2 Å². The molecule has 94 valence electrons. The Labute approximate surface area is 105 Å². The number of benzene rings is 1. The summed E-state index contributed by atoms with van der Waals surface area (Å²) in [5.41, 5.74) is 2.90. The third-order valence-electron chi connectivity index (χ3n) is 3.83. The lowest BCUT2D eigenvalue weighted by Gasteiger charge is -2.41. The molecule has 0 radical (unpaired) electrons. The molecule has 2 unspecified atom stereocenters. The maximum absolute atomic E-state index is 3.61. The summed E-state index contributed by atoms with van der Waals surface area (Å²) in [6.07, 6.45) is 2.32. The van der Waals surface area contributed by atoms with E-state index in [0.717, 1.165) is 19.5 Å². The summed E-state index contributed by atoms with van der Waals surface area (Å²) in [6.45, 7) is 9.04. The number of rotatable bonds is 3. The number of anilines is 1. The van der Waals surface area contributed by atoms with E-state index in [2.05, 4.69) is 55.3 Å². The highest BCUT2D eigenvalue weighted by molar-refractivity contribution is 5.55. The van der Waals surface area contributed by atoms with Gasteiger partial charge in [0.15, 0.2) is 0 Å². The number of nitrogens with one attached hydrogen (secondary N) is 1. The molecule has 1 saturated heterocycles. The third kappa shape index (κ3) is 2.63. The Hall–Kier alpha value is -1.02. The Morgan fingerprint density at radius 1 is 1.29 bits per heavy atom. The van der Waals surface area contributed by atoms with E-state index in [-0.39, 0.29) is 0 Å². The molecule has 0 bridgehead atoms. The smallest absolute Gasteiger partial charge is 0.0402 e. The van der Waals surface area contributed by atoms with Crippen molar-refractivity contribution in [3.05, 3.63) is 29.8 Å². The molecule has 1 aromatic rings. The summed E-state index contributed by atoms with van der Waals surface area (Å²) in [7, 11) is 0.